The molecule has 0 spiro atoms. The average molecular weight is 1310 g/mol. The SMILES string of the molecule is N[C@H](CCC(=O)N[C@H](CCC(=O)N[C@H](CCC(=O)N[C@H](CCC(=O)N[C@H](CCC(=O)N[C@H](CCC(=O)N[C@H](CCC(=O)N[C@H](CCC(=O)N[C@H](CCC(=O)N[C@H](CCC(=O)O)C(=O)O)C(=O)O)C(=O)O)C(=O)O)C(=O)O)C(=O)O)C(=O)O)C(=O)O)C(=O)O)C(=O)O. The van der Waals surface area contributed by atoms with E-state index in [1.165, 1.54) is 0 Å². The van der Waals surface area contributed by atoms with Crippen molar-refractivity contribution >= 4 is 119 Å². The number of aliphatic carboxylic acids is 11. The van der Waals surface area contributed by atoms with Gasteiger partial charge in [0, 0.05) is 64.2 Å². The maximum atomic E-state index is 12.7. The molecule has 0 aliphatic rings. The number of hydrogen-bond donors (Lipinski definition) is 21. The van der Waals surface area contributed by atoms with Gasteiger partial charge in [-0.3, -0.25) is 52.7 Å². The number of carboxylic acid groups (broad SMARTS) is 11. The van der Waals surface area contributed by atoms with Crippen molar-refractivity contribution in [3.05, 3.63) is 0 Å². The monoisotopic (exact) mass is 1310 g/mol. The van der Waals surface area contributed by atoms with Crippen molar-refractivity contribution in [2.24, 2.45) is 5.73 Å². The first-order valence-electron chi connectivity index (χ1n) is 27.2. The Morgan fingerprint density at radius 2 is 0.319 bits per heavy atom. The number of carbonyl (C=O) groups is 20. The number of nitrogens with one attached hydrogen (secondary N) is 9. The highest BCUT2D eigenvalue weighted by atomic mass is 16.4. The molecule has 0 unspecified atom stereocenters. The van der Waals surface area contributed by atoms with Gasteiger partial charge in [0.05, 0.1) is 0 Å². The molecule has 91 heavy (non-hydrogen) atoms. The van der Waals surface area contributed by atoms with E-state index in [2.05, 4.69) is 5.32 Å². The van der Waals surface area contributed by atoms with Crippen LogP contribution >= 0.6 is 0 Å². The molecule has 0 fully saturated rings. The Bertz CT molecular complexity index is 2720. The fraction of sp³-hybridized carbons (Fsp3) is 0.600. The highest BCUT2D eigenvalue weighted by molar-refractivity contribution is 5.91. The van der Waals surface area contributed by atoms with Gasteiger partial charge in [0.1, 0.15) is 60.4 Å². The molecule has 0 rings (SSSR count). The second-order valence-corrected chi connectivity index (χ2v) is 19.9. The van der Waals surface area contributed by atoms with Crippen LogP contribution in [0.1, 0.15) is 128 Å². The highest BCUT2D eigenvalue weighted by Crippen LogP contribution is 2.11. The molecule has 22 N–H and O–H groups in total. The van der Waals surface area contributed by atoms with E-state index in [-0.39, 0.29) is 6.42 Å². The van der Waals surface area contributed by atoms with Crippen molar-refractivity contribution in [3.8, 4) is 0 Å². The second-order valence-electron chi connectivity index (χ2n) is 19.9. The van der Waals surface area contributed by atoms with Crippen molar-refractivity contribution in [3.63, 3.8) is 0 Å². The molecular weight excluding hydrogens is 1240 g/mol. The minimum absolute atomic E-state index is 0.345. The topological polar surface area (TPSA) is 698 Å². The third-order valence-corrected chi connectivity index (χ3v) is 12.6. The van der Waals surface area contributed by atoms with Gasteiger partial charge in [0.2, 0.25) is 53.2 Å². The molecular formula is C50H72N10O31. The first kappa shape index (κ1) is 80.4. The summed E-state index contributed by atoms with van der Waals surface area (Å²) in [4.78, 5) is 240. The molecule has 508 valence electrons. The van der Waals surface area contributed by atoms with Gasteiger partial charge in [-0.05, 0) is 64.2 Å². The Morgan fingerprint density at radius 1 is 0.198 bits per heavy atom. The summed E-state index contributed by atoms with van der Waals surface area (Å²) < 4.78 is 0. The van der Waals surface area contributed by atoms with Gasteiger partial charge in [-0.15, -0.1) is 0 Å². The summed E-state index contributed by atoms with van der Waals surface area (Å²) in [6.45, 7) is 0. The van der Waals surface area contributed by atoms with E-state index in [4.69, 9.17) is 15.9 Å². The summed E-state index contributed by atoms with van der Waals surface area (Å²) in [7, 11) is 0. The van der Waals surface area contributed by atoms with E-state index < -0.39 is 301 Å². The van der Waals surface area contributed by atoms with E-state index in [1.807, 2.05) is 42.5 Å². The lowest BCUT2D eigenvalue weighted by Gasteiger charge is -2.19. The lowest BCUT2D eigenvalue weighted by Crippen LogP contribution is -2.46. The first-order valence-corrected chi connectivity index (χ1v) is 27.2. The Hall–Kier alpha value is -10.6. The predicted molar refractivity (Wildman–Crippen MR) is 292 cm³/mol. The second kappa shape index (κ2) is 41.5. The van der Waals surface area contributed by atoms with Crippen molar-refractivity contribution < 1.29 is 152 Å². The van der Waals surface area contributed by atoms with Crippen LogP contribution in [0.25, 0.3) is 0 Å². The fourth-order valence-electron chi connectivity index (χ4n) is 7.60. The molecule has 10 atom stereocenters. The smallest absolute Gasteiger partial charge is 0.326 e. The van der Waals surface area contributed by atoms with Crippen LogP contribution in [-0.4, -0.2) is 235 Å². The zero-order chi connectivity index (χ0) is 69.8. The van der Waals surface area contributed by atoms with Gasteiger partial charge in [0.15, 0.2) is 0 Å². The summed E-state index contributed by atoms with van der Waals surface area (Å²) in [5.74, 6) is -27.5. The zero-order valence-corrected chi connectivity index (χ0v) is 48.1. The van der Waals surface area contributed by atoms with Gasteiger partial charge < -0.3 is 110 Å². The van der Waals surface area contributed by atoms with Crippen molar-refractivity contribution in [2.75, 3.05) is 0 Å². The summed E-state index contributed by atoms with van der Waals surface area (Å²) >= 11 is 0. The molecule has 0 aromatic heterocycles. The van der Waals surface area contributed by atoms with Gasteiger partial charge in [-0.2, -0.15) is 0 Å². The van der Waals surface area contributed by atoms with Crippen LogP contribution in [0.3, 0.4) is 0 Å². The molecule has 0 aromatic carbocycles. The third kappa shape index (κ3) is 35.7. The number of carboxylic acids is 11. The molecule has 0 saturated heterocycles. The molecule has 0 heterocycles. The largest absolute Gasteiger partial charge is 0.481 e. The molecule has 41 heteroatoms. The molecule has 0 aliphatic heterocycles. The molecule has 9 amide bonds. The van der Waals surface area contributed by atoms with Gasteiger partial charge in [0.25, 0.3) is 0 Å². The van der Waals surface area contributed by atoms with Crippen LogP contribution in [0.5, 0.6) is 0 Å². The lowest BCUT2D eigenvalue weighted by molar-refractivity contribution is -0.144. The number of nitrogens with two attached hydrogens (primary N) is 1. The third-order valence-electron chi connectivity index (χ3n) is 12.6. The number of hydrogen-bond acceptors (Lipinski definition) is 21. The lowest BCUT2D eigenvalue weighted by atomic mass is 10.1. The van der Waals surface area contributed by atoms with Crippen LogP contribution in [0.15, 0.2) is 0 Å². The predicted octanol–water partition coefficient (Wildman–Crippen LogP) is -6.59. The minimum atomic E-state index is -1.87. The first-order chi connectivity index (χ1) is 42.3. The standard InChI is InChI=1S/C50H72N10O31/c51-21(41(72)73)1-11-31(61)52-22(42(74)75)2-12-32(62)53-23(43(76)77)3-13-33(63)54-24(44(78)79)4-14-34(64)55-25(45(80)81)5-15-35(65)56-26(46(82)83)6-16-36(66)57-27(47(84)85)7-17-37(67)58-28(48(86)87)8-18-38(68)59-29(49(88)89)9-19-39(69)60-30(50(90)91)10-20-40(70)71/h21-30H,1-20,51H2,(H,52,61)(H,53,62)(H,54,63)(H,55,64)(H,56,65)(H,57,66)(H,58,67)(H,59,68)(H,60,69)(H,70,71)(H,72,73)(H,74,75)(H,76,77)(H,78,79)(H,80,81)(H,82,83)(H,84,85)(H,86,87)(H,88,89)(H,90,91)/t21-,22-,23-,24-,25-,26-,27-,28-,29-,30-/m1/s1. The van der Waals surface area contributed by atoms with Crippen LogP contribution in [-0.2, 0) is 95.9 Å². The Labute approximate surface area is 512 Å². The number of carbonyl (C=O) groups excluding carboxylic acids is 9. The highest BCUT2D eigenvalue weighted by Gasteiger charge is 2.32. The van der Waals surface area contributed by atoms with Crippen molar-refractivity contribution in [1.29, 1.82) is 0 Å². The van der Waals surface area contributed by atoms with E-state index in [0.29, 0.717) is 0 Å². The maximum absolute atomic E-state index is 12.7. The van der Waals surface area contributed by atoms with Gasteiger partial charge in [-0.25, -0.2) is 43.2 Å². The minimum Gasteiger partial charge on any atom is -0.481 e. The summed E-state index contributed by atoms with van der Waals surface area (Å²) in [6.07, 6.45) is -13.2. The Balaban J connectivity index is 5.25. The summed E-state index contributed by atoms with van der Waals surface area (Å²) in [5, 5.41) is 122. The zero-order valence-electron chi connectivity index (χ0n) is 48.1. The quantitative estimate of drug-likeness (QED) is 0.0269. The molecule has 0 radical (unpaired) electrons. The van der Waals surface area contributed by atoms with Crippen molar-refractivity contribution in [2.45, 2.75) is 189 Å². The average Bonchev–Trinajstić information content (AvgIpc) is 3.32. The van der Waals surface area contributed by atoms with Gasteiger partial charge in [-0.1, -0.05) is 0 Å². The summed E-state index contributed by atoms with van der Waals surface area (Å²) in [5.41, 5.74) is 5.30. The molecule has 0 aliphatic carbocycles. The van der Waals surface area contributed by atoms with Crippen LogP contribution in [0, 0.1) is 0 Å². The fourth-order valence-corrected chi connectivity index (χ4v) is 7.60. The molecule has 0 aromatic rings. The summed E-state index contributed by atoms with van der Waals surface area (Å²) in [6, 6.07) is -17.5. The van der Waals surface area contributed by atoms with E-state index in [0.717, 1.165) is 0 Å². The van der Waals surface area contributed by atoms with Gasteiger partial charge >= 0.3 is 65.7 Å². The maximum Gasteiger partial charge on any atom is 0.326 e. The van der Waals surface area contributed by atoms with E-state index in [1.54, 1.807) is 0 Å². The normalized spacial score (nSPS) is 14.0. The molecule has 0 bridgehead atoms. The molecule has 41 nitrogen and oxygen atoms in total. The number of rotatable bonds is 49. The van der Waals surface area contributed by atoms with Crippen LogP contribution in [0.4, 0.5) is 0 Å². The van der Waals surface area contributed by atoms with Crippen LogP contribution in [0.2, 0.25) is 0 Å². The molecule has 0 saturated carbocycles. The van der Waals surface area contributed by atoms with E-state index in [9.17, 15) is 142 Å². The van der Waals surface area contributed by atoms with Crippen LogP contribution < -0.4 is 53.6 Å². The number of amides is 9. The van der Waals surface area contributed by atoms with Crippen molar-refractivity contribution in [1.82, 2.24) is 47.9 Å². The van der Waals surface area contributed by atoms with E-state index >= 15 is 0 Å². The Kier molecular flexibility index (Phi) is 36.6. The Morgan fingerprint density at radius 3 is 0.429 bits per heavy atom.